The molecule has 0 aliphatic heterocycles. The number of ether oxygens (including phenoxy) is 1. The number of rotatable bonds is 5. The van der Waals surface area contributed by atoms with E-state index >= 15 is 0 Å². The minimum Gasteiger partial charge on any atom is -0.493 e. The summed E-state index contributed by atoms with van der Waals surface area (Å²) in [5.74, 6) is -7.66. The minimum absolute atomic E-state index is 0.162. The van der Waals surface area contributed by atoms with Gasteiger partial charge >= 0.3 is 0 Å². The Kier molecular flexibility index (Phi) is 5.92. The van der Waals surface area contributed by atoms with Crippen LogP contribution in [0.4, 0.5) is 0 Å². The van der Waals surface area contributed by atoms with Crippen molar-refractivity contribution >= 4 is 23.3 Å². The van der Waals surface area contributed by atoms with Crippen LogP contribution >= 0.6 is 0 Å². The van der Waals surface area contributed by atoms with E-state index in [2.05, 4.69) is 0 Å². The first kappa shape index (κ1) is 23.5. The monoisotopic (exact) mass is 458 g/mol. The van der Waals surface area contributed by atoms with Gasteiger partial charge < -0.3 is 25.6 Å². The lowest BCUT2D eigenvalue weighted by molar-refractivity contribution is -0.190. The van der Waals surface area contributed by atoms with Crippen LogP contribution in [0.3, 0.4) is 0 Å². The number of aliphatic hydroxyl groups excluding tert-OH is 1. The molecule has 3 aliphatic rings. The second-order valence-electron chi connectivity index (χ2n) is 9.61. The number of ketones is 3. The highest BCUT2D eigenvalue weighted by atomic mass is 16.5. The van der Waals surface area contributed by atoms with Crippen LogP contribution in [-0.2, 0) is 20.8 Å². The first-order valence-corrected chi connectivity index (χ1v) is 11.3. The predicted octanol–water partition coefficient (Wildman–Crippen LogP) is -0.258. The molecule has 2 fully saturated rings. The molecule has 3 aliphatic carbocycles. The molecule has 1 aromatic rings. The van der Waals surface area contributed by atoms with Crippen LogP contribution in [0.5, 0.6) is 5.75 Å². The molecule has 0 aromatic heterocycles. The third-order valence-corrected chi connectivity index (χ3v) is 7.47. The first-order chi connectivity index (χ1) is 15.5. The molecule has 0 saturated heterocycles. The van der Waals surface area contributed by atoms with Crippen LogP contribution in [0.2, 0.25) is 0 Å². The Bertz CT molecular complexity index is 1020. The van der Waals surface area contributed by atoms with E-state index < -0.39 is 64.7 Å². The molecular weight excluding hydrogens is 428 g/mol. The number of benzene rings is 1. The lowest BCUT2D eigenvalue weighted by Gasteiger charge is -2.54. The van der Waals surface area contributed by atoms with Gasteiger partial charge in [-0.25, -0.2) is 0 Å². The number of hydrogen-bond acceptors (Lipinski definition) is 8. The Balaban J connectivity index is 1.81. The predicted molar refractivity (Wildman–Crippen MR) is 116 cm³/mol. The molecule has 0 bridgehead atoms. The number of nitrogens with zero attached hydrogens (tertiary/aromatic N) is 1. The number of fused-ring (bicyclic) bond motifs is 3. The van der Waals surface area contributed by atoms with Crippen molar-refractivity contribution in [2.45, 2.75) is 43.9 Å². The van der Waals surface area contributed by atoms with Crippen LogP contribution in [-0.4, -0.2) is 76.8 Å². The van der Waals surface area contributed by atoms with Crippen molar-refractivity contribution in [2.75, 3.05) is 20.7 Å². The van der Waals surface area contributed by atoms with Gasteiger partial charge in [-0.1, -0.05) is 19.1 Å². The summed E-state index contributed by atoms with van der Waals surface area (Å²) in [4.78, 5) is 54.2. The molecule has 1 aromatic carbocycles. The molecule has 0 radical (unpaired) electrons. The normalized spacial score (nSPS) is 35.6. The van der Waals surface area contributed by atoms with Crippen molar-refractivity contribution in [3.8, 4) is 5.75 Å². The Morgan fingerprint density at radius 3 is 2.55 bits per heavy atom. The Labute approximate surface area is 191 Å². The van der Waals surface area contributed by atoms with Crippen molar-refractivity contribution in [1.82, 2.24) is 4.90 Å². The molecular formula is C24H30N2O7. The van der Waals surface area contributed by atoms with E-state index in [1.54, 1.807) is 31.1 Å². The molecule has 7 atom stereocenters. The van der Waals surface area contributed by atoms with Gasteiger partial charge in [0.05, 0.1) is 24.2 Å². The molecule has 3 unspecified atom stereocenters. The van der Waals surface area contributed by atoms with Crippen molar-refractivity contribution in [1.29, 1.82) is 0 Å². The largest absolute Gasteiger partial charge is 0.493 e. The zero-order valence-electron chi connectivity index (χ0n) is 19.0. The summed E-state index contributed by atoms with van der Waals surface area (Å²) in [6.07, 6.45) is -0.173. The molecule has 178 valence electrons. The van der Waals surface area contributed by atoms with Gasteiger partial charge in [0.15, 0.2) is 23.0 Å². The van der Waals surface area contributed by atoms with Crippen LogP contribution < -0.4 is 10.5 Å². The Hall–Kier alpha value is -2.62. The van der Waals surface area contributed by atoms with Gasteiger partial charge in [0.25, 0.3) is 0 Å². The molecule has 0 spiro atoms. The van der Waals surface area contributed by atoms with Gasteiger partial charge in [0.2, 0.25) is 5.91 Å². The van der Waals surface area contributed by atoms with Gasteiger partial charge in [-0.3, -0.25) is 19.2 Å². The summed E-state index contributed by atoms with van der Waals surface area (Å²) < 4.78 is 5.74. The highest BCUT2D eigenvalue weighted by Gasteiger charge is 2.69. The van der Waals surface area contributed by atoms with E-state index in [1.807, 2.05) is 13.0 Å². The molecule has 0 heterocycles. The van der Waals surface area contributed by atoms with Gasteiger partial charge in [-0.2, -0.15) is 0 Å². The van der Waals surface area contributed by atoms with Crippen molar-refractivity contribution in [2.24, 2.45) is 29.4 Å². The molecule has 33 heavy (non-hydrogen) atoms. The maximum absolute atomic E-state index is 13.7. The maximum Gasteiger partial charge on any atom is 0.230 e. The number of likely N-dealkylation sites (N-methyl/N-ethyl adjacent to an activating group) is 1. The Morgan fingerprint density at radius 1 is 1.24 bits per heavy atom. The fourth-order valence-electron chi connectivity index (χ4n) is 6.08. The second-order valence-corrected chi connectivity index (χ2v) is 9.61. The third kappa shape index (κ3) is 3.33. The number of Topliss-reactive ketones (excluding diaryl/α,β-unsaturated/α-hetero) is 3. The molecule has 4 N–H and O–H groups in total. The molecule has 1 amide bonds. The summed E-state index contributed by atoms with van der Waals surface area (Å²) in [6.45, 7) is 2.34. The SMILES string of the molecule is CCCOc1cccc2c1C(=O)C1C(=O)[C@]3(O)C(=O)C(C(N)=O)C(O)[C@@H](N(C)C)[C@@H]3C[C@@H]1C2. The van der Waals surface area contributed by atoms with E-state index in [-0.39, 0.29) is 6.42 Å². The Morgan fingerprint density at radius 2 is 1.94 bits per heavy atom. The number of carbonyl (C=O) groups excluding carboxylic acids is 4. The third-order valence-electron chi connectivity index (χ3n) is 7.47. The van der Waals surface area contributed by atoms with Crippen molar-refractivity contribution < 1.29 is 34.1 Å². The number of hydrogen-bond donors (Lipinski definition) is 3. The van der Waals surface area contributed by atoms with Crippen molar-refractivity contribution in [3.63, 3.8) is 0 Å². The summed E-state index contributed by atoms with van der Waals surface area (Å²) in [5.41, 5.74) is 3.86. The number of primary amides is 1. The second kappa shape index (κ2) is 8.30. The van der Waals surface area contributed by atoms with Gasteiger partial charge in [0.1, 0.15) is 11.7 Å². The lowest BCUT2D eigenvalue weighted by atomic mass is 9.52. The number of nitrogens with two attached hydrogens (primary N) is 1. The van der Waals surface area contributed by atoms with E-state index in [0.29, 0.717) is 24.3 Å². The zero-order chi connectivity index (χ0) is 24.2. The van der Waals surface area contributed by atoms with Gasteiger partial charge in [0, 0.05) is 12.0 Å². The first-order valence-electron chi connectivity index (χ1n) is 11.3. The van der Waals surface area contributed by atoms with Crippen molar-refractivity contribution in [3.05, 3.63) is 29.3 Å². The highest BCUT2D eigenvalue weighted by molar-refractivity contribution is 6.25. The smallest absolute Gasteiger partial charge is 0.230 e. The maximum atomic E-state index is 13.7. The van der Waals surface area contributed by atoms with Crippen LogP contribution in [0, 0.1) is 23.7 Å². The van der Waals surface area contributed by atoms with E-state index in [9.17, 15) is 29.4 Å². The number of aliphatic hydroxyl groups is 2. The summed E-state index contributed by atoms with van der Waals surface area (Å²) in [6, 6.07) is 4.42. The molecule has 9 nitrogen and oxygen atoms in total. The van der Waals surface area contributed by atoms with Gasteiger partial charge in [-0.15, -0.1) is 0 Å². The summed E-state index contributed by atoms with van der Waals surface area (Å²) in [7, 11) is 3.27. The quantitative estimate of drug-likeness (QED) is 0.512. The van der Waals surface area contributed by atoms with Gasteiger partial charge in [-0.05, 0) is 50.9 Å². The fourth-order valence-corrected chi connectivity index (χ4v) is 6.08. The molecule has 4 rings (SSSR count). The standard InChI is InChI=1S/C24H30N2O7/c1-4-8-33-14-7-5-6-11-9-12-10-13-18(26(2)3)20(28)17(23(25)31)22(30)24(13,32)21(29)16(12)19(27)15(11)14/h5-7,12-13,16-18,20,28,32H,4,8-10H2,1-3H3,(H2,25,31)/t12-,13-,16?,17?,18-,20?,24-/m0/s1. The summed E-state index contributed by atoms with van der Waals surface area (Å²) in [5, 5.41) is 22.4. The highest BCUT2D eigenvalue weighted by Crippen LogP contribution is 2.51. The van der Waals surface area contributed by atoms with Crippen LogP contribution in [0.25, 0.3) is 0 Å². The lowest BCUT2D eigenvalue weighted by Crippen LogP contribution is -2.75. The molecule has 9 heteroatoms. The summed E-state index contributed by atoms with van der Waals surface area (Å²) >= 11 is 0. The average molecular weight is 459 g/mol. The van der Waals surface area contributed by atoms with Crippen LogP contribution in [0.15, 0.2) is 18.2 Å². The van der Waals surface area contributed by atoms with E-state index in [4.69, 9.17) is 10.5 Å². The topological polar surface area (TPSA) is 147 Å². The fraction of sp³-hybridized carbons (Fsp3) is 0.583. The average Bonchev–Trinajstić information content (AvgIpc) is 2.74. The number of carbonyl (C=O) groups is 4. The number of amides is 1. The van der Waals surface area contributed by atoms with E-state index in [0.717, 1.165) is 12.0 Å². The minimum atomic E-state index is -2.58. The van der Waals surface area contributed by atoms with E-state index in [1.165, 1.54) is 0 Å². The zero-order valence-corrected chi connectivity index (χ0v) is 19.0. The van der Waals surface area contributed by atoms with Crippen LogP contribution in [0.1, 0.15) is 35.7 Å². The molecule has 2 saturated carbocycles.